The van der Waals surface area contributed by atoms with Gasteiger partial charge in [0.1, 0.15) is 4.99 Å². The Morgan fingerprint density at radius 3 is 2.83 bits per heavy atom. The average Bonchev–Trinajstić information content (AvgIpc) is 2.34. The fourth-order valence-corrected chi connectivity index (χ4v) is 2.67. The number of hydrogen-bond acceptors (Lipinski definition) is 4. The molecule has 0 saturated heterocycles. The fraction of sp³-hybridized carbons (Fsp3) is 0.615. The Balaban J connectivity index is 2.08. The van der Waals surface area contributed by atoms with Crippen LogP contribution in [0.4, 0.5) is 5.82 Å². The Kier molecular flexibility index (Phi) is 4.11. The van der Waals surface area contributed by atoms with Crippen molar-refractivity contribution in [3.05, 3.63) is 17.8 Å². The first-order chi connectivity index (χ1) is 8.58. The van der Waals surface area contributed by atoms with Gasteiger partial charge in [0.05, 0.1) is 11.8 Å². The maximum atomic E-state index is 5.69. The van der Waals surface area contributed by atoms with Gasteiger partial charge in [-0.2, -0.15) is 5.10 Å². The van der Waals surface area contributed by atoms with E-state index in [1.807, 2.05) is 6.07 Å². The van der Waals surface area contributed by atoms with Crippen LogP contribution in [-0.2, 0) is 0 Å². The minimum Gasteiger partial charge on any atom is -0.389 e. The van der Waals surface area contributed by atoms with Crippen LogP contribution in [0.3, 0.4) is 0 Å². The molecule has 98 valence electrons. The van der Waals surface area contributed by atoms with E-state index in [0.29, 0.717) is 11.0 Å². The van der Waals surface area contributed by atoms with Gasteiger partial charge in [0.15, 0.2) is 5.82 Å². The minimum absolute atomic E-state index is 0.365. The van der Waals surface area contributed by atoms with Gasteiger partial charge in [-0.3, -0.25) is 0 Å². The molecule has 1 aromatic heterocycles. The van der Waals surface area contributed by atoms with Gasteiger partial charge in [-0.15, -0.1) is 5.10 Å². The zero-order valence-corrected chi connectivity index (χ0v) is 11.7. The second kappa shape index (κ2) is 5.61. The molecule has 0 bridgehead atoms. The lowest BCUT2D eigenvalue weighted by molar-refractivity contribution is 0.260. The van der Waals surface area contributed by atoms with Gasteiger partial charge in [-0.05, 0) is 37.2 Å². The van der Waals surface area contributed by atoms with Crippen molar-refractivity contribution in [2.75, 3.05) is 5.32 Å². The highest BCUT2D eigenvalue weighted by molar-refractivity contribution is 7.80. The molecule has 1 heterocycles. The topological polar surface area (TPSA) is 63.8 Å². The smallest absolute Gasteiger partial charge is 0.159 e. The number of thiocarbonyl (C=S) groups is 1. The molecule has 0 aromatic carbocycles. The molecule has 0 amide bonds. The molecule has 0 aliphatic heterocycles. The Hall–Kier alpha value is -1.23. The maximum absolute atomic E-state index is 5.69. The molecule has 1 aliphatic rings. The molecule has 1 saturated carbocycles. The lowest BCUT2D eigenvalue weighted by Crippen LogP contribution is -2.31. The molecule has 1 aromatic rings. The first kappa shape index (κ1) is 13.2. The highest BCUT2D eigenvalue weighted by atomic mass is 32.1. The number of nitrogens with two attached hydrogens (primary N) is 1. The van der Waals surface area contributed by atoms with Crippen LogP contribution in [0.25, 0.3) is 0 Å². The van der Waals surface area contributed by atoms with E-state index < -0.39 is 0 Å². The van der Waals surface area contributed by atoms with Gasteiger partial charge < -0.3 is 11.1 Å². The summed E-state index contributed by atoms with van der Waals surface area (Å²) in [5.74, 6) is 2.26. The van der Waals surface area contributed by atoms with Crippen LogP contribution in [0.1, 0.15) is 38.7 Å². The molecule has 5 heteroatoms. The first-order valence-electron chi connectivity index (χ1n) is 6.46. The normalized spacial score (nSPS) is 27.8. The second-order valence-electron chi connectivity index (χ2n) is 5.27. The third-order valence-electron chi connectivity index (χ3n) is 3.93. The van der Waals surface area contributed by atoms with E-state index in [4.69, 9.17) is 18.0 Å². The van der Waals surface area contributed by atoms with E-state index in [0.717, 1.165) is 29.6 Å². The van der Waals surface area contributed by atoms with E-state index in [1.54, 1.807) is 6.20 Å². The molecule has 4 nitrogen and oxygen atoms in total. The highest BCUT2D eigenvalue weighted by Crippen LogP contribution is 2.31. The van der Waals surface area contributed by atoms with Gasteiger partial charge >= 0.3 is 0 Å². The lowest BCUT2D eigenvalue weighted by atomic mass is 9.79. The zero-order valence-electron chi connectivity index (χ0n) is 10.9. The number of hydrogen-bond donors (Lipinski definition) is 2. The third kappa shape index (κ3) is 2.96. The summed E-state index contributed by atoms with van der Waals surface area (Å²) in [6.07, 6.45) is 5.19. The van der Waals surface area contributed by atoms with Crippen molar-refractivity contribution in [1.82, 2.24) is 10.2 Å². The summed E-state index contributed by atoms with van der Waals surface area (Å²) in [6, 6.07) is 2.26. The number of rotatable bonds is 3. The van der Waals surface area contributed by atoms with Gasteiger partial charge in [0.25, 0.3) is 0 Å². The highest BCUT2D eigenvalue weighted by Gasteiger charge is 2.25. The van der Waals surface area contributed by atoms with E-state index in [1.165, 1.54) is 12.8 Å². The molecule has 18 heavy (non-hydrogen) atoms. The van der Waals surface area contributed by atoms with Gasteiger partial charge in [0.2, 0.25) is 0 Å². The second-order valence-corrected chi connectivity index (χ2v) is 5.71. The van der Waals surface area contributed by atoms with Crippen molar-refractivity contribution in [2.24, 2.45) is 17.6 Å². The summed E-state index contributed by atoms with van der Waals surface area (Å²) in [4.78, 5) is 0.365. The van der Waals surface area contributed by atoms with Crippen LogP contribution >= 0.6 is 12.2 Å². The first-order valence-corrected chi connectivity index (χ1v) is 6.86. The summed E-state index contributed by atoms with van der Waals surface area (Å²) in [5, 5.41) is 11.4. The molecule has 3 N–H and O–H groups in total. The minimum atomic E-state index is 0.365. The molecular weight excluding hydrogens is 244 g/mol. The van der Waals surface area contributed by atoms with Crippen molar-refractivity contribution < 1.29 is 0 Å². The van der Waals surface area contributed by atoms with Crippen molar-refractivity contribution in [3.8, 4) is 0 Å². The van der Waals surface area contributed by atoms with E-state index in [-0.39, 0.29) is 0 Å². The maximum Gasteiger partial charge on any atom is 0.159 e. The molecular formula is C13H20N4S. The van der Waals surface area contributed by atoms with Crippen LogP contribution in [-0.4, -0.2) is 21.2 Å². The van der Waals surface area contributed by atoms with E-state index >= 15 is 0 Å². The van der Waals surface area contributed by atoms with Crippen LogP contribution in [0.2, 0.25) is 0 Å². The summed E-state index contributed by atoms with van der Waals surface area (Å²) >= 11 is 5.03. The molecule has 0 spiro atoms. The quantitative estimate of drug-likeness (QED) is 0.820. The molecule has 1 aliphatic carbocycles. The van der Waals surface area contributed by atoms with E-state index in [9.17, 15) is 0 Å². The fourth-order valence-electron chi connectivity index (χ4n) is 2.51. The zero-order chi connectivity index (χ0) is 13.1. The van der Waals surface area contributed by atoms with Crippen molar-refractivity contribution in [3.63, 3.8) is 0 Å². The largest absolute Gasteiger partial charge is 0.389 e. The average molecular weight is 264 g/mol. The summed E-state index contributed by atoms with van der Waals surface area (Å²) in [6.45, 7) is 4.63. The van der Waals surface area contributed by atoms with Crippen LogP contribution in [0.15, 0.2) is 12.3 Å². The number of aromatic nitrogens is 2. The summed E-state index contributed by atoms with van der Waals surface area (Å²) < 4.78 is 0. The SMILES string of the molecule is CC1CCC(Nc2nnccc2C(N)=S)CC1C. The predicted octanol–water partition coefficient (Wildman–Crippen LogP) is 2.35. The predicted molar refractivity (Wildman–Crippen MR) is 77.5 cm³/mol. The van der Waals surface area contributed by atoms with Crippen LogP contribution in [0, 0.1) is 11.8 Å². The van der Waals surface area contributed by atoms with Crippen LogP contribution < -0.4 is 11.1 Å². The van der Waals surface area contributed by atoms with Crippen molar-refractivity contribution in [2.45, 2.75) is 39.2 Å². The molecule has 1 fully saturated rings. The van der Waals surface area contributed by atoms with Crippen molar-refractivity contribution in [1.29, 1.82) is 0 Å². The monoisotopic (exact) mass is 264 g/mol. The Morgan fingerprint density at radius 1 is 1.39 bits per heavy atom. The molecule has 0 radical (unpaired) electrons. The Labute approximate surface area is 113 Å². The third-order valence-corrected chi connectivity index (χ3v) is 4.15. The summed E-state index contributed by atoms with van der Waals surface area (Å²) in [7, 11) is 0. The van der Waals surface area contributed by atoms with E-state index in [2.05, 4.69) is 29.4 Å². The van der Waals surface area contributed by atoms with Gasteiger partial charge in [0, 0.05) is 6.04 Å². The molecule has 3 unspecified atom stereocenters. The number of anilines is 1. The Bertz CT molecular complexity index is 435. The van der Waals surface area contributed by atoms with Gasteiger partial charge in [-0.25, -0.2) is 0 Å². The lowest BCUT2D eigenvalue weighted by Gasteiger charge is -2.32. The standard InChI is InChI=1S/C13H20N4S/c1-8-3-4-10(7-9(8)2)16-13-11(12(14)18)5-6-15-17-13/h5-6,8-10H,3-4,7H2,1-2H3,(H2,14,18)(H,16,17). The number of nitrogens with one attached hydrogen (secondary N) is 1. The van der Waals surface area contributed by atoms with Crippen molar-refractivity contribution >= 4 is 23.0 Å². The summed E-state index contributed by atoms with van der Waals surface area (Å²) in [5.41, 5.74) is 6.48. The molecule has 3 atom stereocenters. The number of nitrogens with zero attached hydrogens (tertiary/aromatic N) is 2. The van der Waals surface area contributed by atoms with Gasteiger partial charge in [-0.1, -0.05) is 26.1 Å². The molecule has 2 rings (SSSR count). The Morgan fingerprint density at radius 2 is 2.17 bits per heavy atom. The van der Waals surface area contributed by atoms with Crippen LogP contribution in [0.5, 0.6) is 0 Å².